The van der Waals surface area contributed by atoms with Crippen LogP contribution in [0, 0.1) is 6.92 Å². The van der Waals surface area contributed by atoms with Crippen LogP contribution in [0.25, 0.3) is 50.2 Å². The van der Waals surface area contributed by atoms with E-state index in [0.29, 0.717) is 0 Å². The normalized spacial score (nSPS) is 11.8. The van der Waals surface area contributed by atoms with Crippen molar-refractivity contribution in [3.05, 3.63) is 78.5 Å². The molecule has 5 nitrogen and oxygen atoms in total. The summed E-state index contributed by atoms with van der Waals surface area (Å²) in [5.74, 6) is 0.788. The molecule has 5 heteroatoms. The second-order valence-electron chi connectivity index (χ2n) is 6.95. The molecule has 0 radical (unpaired) electrons. The lowest BCUT2D eigenvalue weighted by atomic mass is 10.1. The van der Waals surface area contributed by atoms with Gasteiger partial charge in [-0.3, -0.25) is 4.40 Å². The summed E-state index contributed by atoms with van der Waals surface area (Å²) in [5.41, 5.74) is 6.57. The Balaban J connectivity index is 1.87. The quantitative estimate of drug-likeness (QED) is 0.391. The van der Waals surface area contributed by atoms with Gasteiger partial charge in [0.2, 0.25) is 0 Å². The smallest absolute Gasteiger partial charge is 0.170 e. The Morgan fingerprint density at radius 3 is 2.61 bits per heavy atom. The molecular formula is C23H15N5. The standard InChI is InChI=1S/C23H15N5/c1-14-7-5-11-17-19(14)25-23-20(17)26-27-22-18(15-8-3-2-4-9-15)13-16-10-6-12-24-21(16)28(22)23/h2-13H,1H3. The highest BCUT2D eigenvalue weighted by atomic mass is 15.2. The summed E-state index contributed by atoms with van der Waals surface area (Å²) in [4.78, 5) is 9.59. The van der Waals surface area contributed by atoms with Crippen molar-refractivity contribution in [3.8, 4) is 22.6 Å². The molecule has 2 aliphatic heterocycles. The van der Waals surface area contributed by atoms with E-state index in [1.165, 1.54) is 0 Å². The fraction of sp³-hybridized carbons (Fsp3) is 0.0435. The van der Waals surface area contributed by atoms with Gasteiger partial charge >= 0.3 is 0 Å². The zero-order chi connectivity index (χ0) is 18.7. The van der Waals surface area contributed by atoms with Crippen LogP contribution in [0.1, 0.15) is 5.56 Å². The molecule has 0 fully saturated rings. The molecule has 6 rings (SSSR count). The molecule has 0 saturated heterocycles. The lowest BCUT2D eigenvalue weighted by molar-refractivity contribution is 0.976. The van der Waals surface area contributed by atoms with Gasteiger partial charge in [-0.2, -0.15) is 0 Å². The molecule has 0 aliphatic carbocycles. The van der Waals surface area contributed by atoms with Gasteiger partial charge in [-0.25, -0.2) is 9.97 Å². The molecule has 2 aromatic carbocycles. The molecule has 4 aromatic rings. The van der Waals surface area contributed by atoms with E-state index in [9.17, 15) is 0 Å². The molecule has 4 heterocycles. The number of aryl methyl sites for hydroxylation is 1. The van der Waals surface area contributed by atoms with Crippen molar-refractivity contribution in [1.29, 1.82) is 0 Å². The molecule has 132 valence electrons. The van der Waals surface area contributed by atoms with Crippen LogP contribution >= 0.6 is 0 Å². The van der Waals surface area contributed by atoms with Gasteiger partial charge in [-0.1, -0.05) is 48.5 Å². The minimum Gasteiger partial charge on any atom is -0.258 e. The summed E-state index contributed by atoms with van der Waals surface area (Å²) in [6.07, 6.45) is 1.80. The van der Waals surface area contributed by atoms with Crippen molar-refractivity contribution in [2.75, 3.05) is 0 Å². The highest BCUT2D eigenvalue weighted by molar-refractivity contribution is 5.99. The van der Waals surface area contributed by atoms with Crippen molar-refractivity contribution in [2.24, 2.45) is 0 Å². The molecule has 0 unspecified atom stereocenters. The minimum atomic E-state index is 0.755. The van der Waals surface area contributed by atoms with Gasteiger partial charge in [-0.15, -0.1) is 10.2 Å². The van der Waals surface area contributed by atoms with Crippen LogP contribution in [-0.4, -0.2) is 24.6 Å². The van der Waals surface area contributed by atoms with Crippen molar-refractivity contribution < 1.29 is 0 Å². The van der Waals surface area contributed by atoms with Crippen LogP contribution in [-0.2, 0) is 0 Å². The van der Waals surface area contributed by atoms with E-state index < -0.39 is 0 Å². The summed E-state index contributed by atoms with van der Waals surface area (Å²) in [6.45, 7) is 2.07. The maximum Gasteiger partial charge on any atom is 0.170 e. The zero-order valence-electron chi connectivity index (χ0n) is 15.2. The molecule has 0 bridgehead atoms. The predicted octanol–water partition coefficient (Wildman–Crippen LogP) is 4.91. The molecule has 0 atom stereocenters. The van der Waals surface area contributed by atoms with Crippen LogP contribution in [0.4, 0.5) is 0 Å². The topological polar surface area (TPSA) is 56.0 Å². The number of benzene rings is 2. The highest BCUT2D eigenvalue weighted by Crippen LogP contribution is 2.35. The minimum absolute atomic E-state index is 0.755. The Hall–Kier alpha value is -3.86. The third-order valence-corrected chi connectivity index (χ3v) is 5.24. The van der Waals surface area contributed by atoms with Gasteiger partial charge in [0.1, 0.15) is 11.3 Å². The lowest BCUT2D eigenvalue weighted by Crippen LogP contribution is -2.05. The summed E-state index contributed by atoms with van der Waals surface area (Å²) < 4.78 is 2.04. The first-order valence-corrected chi connectivity index (χ1v) is 9.18. The molecule has 2 aliphatic rings. The first-order chi connectivity index (χ1) is 13.8. The second kappa shape index (κ2) is 5.57. The number of para-hydroxylation sites is 1. The average Bonchev–Trinajstić information content (AvgIpc) is 3.14. The van der Waals surface area contributed by atoms with Gasteiger partial charge in [0.05, 0.1) is 5.52 Å². The number of fused-ring (bicyclic) bond motifs is 7. The van der Waals surface area contributed by atoms with Crippen molar-refractivity contribution in [1.82, 2.24) is 24.6 Å². The fourth-order valence-corrected chi connectivity index (χ4v) is 3.91. The zero-order valence-corrected chi connectivity index (χ0v) is 15.2. The van der Waals surface area contributed by atoms with Crippen LogP contribution in [0.5, 0.6) is 0 Å². The monoisotopic (exact) mass is 361 g/mol. The van der Waals surface area contributed by atoms with E-state index in [4.69, 9.17) is 4.98 Å². The van der Waals surface area contributed by atoms with Gasteiger partial charge in [0.15, 0.2) is 11.5 Å². The second-order valence-corrected chi connectivity index (χ2v) is 6.95. The van der Waals surface area contributed by atoms with Crippen molar-refractivity contribution in [2.45, 2.75) is 6.92 Å². The third kappa shape index (κ3) is 2.01. The van der Waals surface area contributed by atoms with Crippen LogP contribution in [0.3, 0.4) is 0 Å². The Kier molecular flexibility index (Phi) is 3.03. The molecule has 0 N–H and O–H groups in total. The first kappa shape index (κ1) is 15.2. The van der Waals surface area contributed by atoms with E-state index in [-0.39, 0.29) is 0 Å². The predicted molar refractivity (Wildman–Crippen MR) is 110 cm³/mol. The van der Waals surface area contributed by atoms with E-state index in [1.807, 2.05) is 34.7 Å². The Bertz CT molecular complexity index is 1470. The number of pyridine rings is 2. The average molecular weight is 361 g/mol. The van der Waals surface area contributed by atoms with Gasteiger partial charge in [-0.05, 0) is 36.2 Å². The molecule has 2 aromatic heterocycles. The molecule has 0 amide bonds. The summed E-state index contributed by atoms with van der Waals surface area (Å²) in [5, 5.41) is 11.2. The van der Waals surface area contributed by atoms with Crippen LogP contribution in [0.15, 0.2) is 72.9 Å². The highest BCUT2D eigenvalue weighted by Gasteiger charge is 2.22. The third-order valence-electron chi connectivity index (χ3n) is 5.24. The number of rotatable bonds is 1. The largest absolute Gasteiger partial charge is 0.258 e. The van der Waals surface area contributed by atoms with E-state index in [0.717, 1.165) is 55.8 Å². The summed E-state index contributed by atoms with van der Waals surface area (Å²) >= 11 is 0. The van der Waals surface area contributed by atoms with E-state index >= 15 is 0 Å². The van der Waals surface area contributed by atoms with Crippen LogP contribution < -0.4 is 0 Å². The van der Waals surface area contributed by atoms with Crippen molar-refractivity contribution >= 4 is 27.6 Å². The number of hydrogen-bond acceptors (Lipinski definition) is 4. The Labute approximate surface area is 160 Å². The van der Waals surface area contributed by atoms with E-state index in [2.05, 4.69) is 58.5 Å². The molecule has 0 spiro atoms. The number of nitrogens with zero attached hydrogens (tertiary/aromatic N) is 5. The summed E-state index contributed by atoms with van der Waals surface area (Å²) in [6, 6.07) is 22.6. The van der Waals surface area contributed by atoms with Crippen molar-refractivity contribution in [3.63, 3.8) is 0 Å². The maximum absolute atomic E-state index is 4.95. The molecular weight excluding hydrogens is 346 g/mol. The van der Waals surface area contributed by atoms with Gasteiger partial charge in [0.25, 0.3) is 0 Å². The fourth-order valence-electron chi connectivity index (χ4n) is 3.91. The van der Waals surface area contributed by atoms with E-state index in [1.54, 1.807) is 6.20 Å². The number of hydrogen-bond donors (Lipinski definition) is 0. The molecule has 0 saturated carbocycles. The van der Waals surface area contributed by atoms with Gasteiger partial charge in [0, 0.05) is 22.5 Å². The Morgan fingerprint density at radius 2 is 1.71 bits per heavy atom. The Morgan fingerprint density at radius 1 is 0.821 bits per heavy atom. The van der Waals surface area contributed by atoms with Crippen LogP contribution in [0.2, 0.25) is 0 Å². The van der Waals surface area contributed by atoms with Gasteiger partial charge < -0.3 is 0 Å². The summed E-state index contributed by atoms with van der Waals surface area (Å²) in [7, 11) is 0. The first-order valence-electron chi connectivity index (χ1n) is 9.18. The maximum atomic E-state index is 4.95. The number of aromatic nitrogens is 5. The lowest BCUT2D eigenvalue weighted by Gasteiger charge is -2.13. The SMILES string of the molecule is Cc1cccc2c3nnc4c(-c5ccccc5)cc5cccnc5n4c-3nc12. The molecule has 28 heavy (non-hydrogen) atoms.